The molecule has 2 aromatic carbocycles. The van der Waals surface area contributed by atoms with E-state index >= 15 is 0 Å². The van der Waals surface area contributed by atoms with Crippen molar-refractivity contribution in [2.45, 2.75) is 11.8 Å². The summed E-state index contributed by atoms with van der Waals surface area (Å²) in [5, 5.41) is 2.77. The lowest BCUT2D eigenvalue weighted by Crippen LogP contribution is -2.25. The molecule has 2 aromatic rings. The van der Waals surface area contributed by atoms with Gasteiger partial charge in [0.05, 0.1) is 10.5 Å². The highest BCUT2D eigenvalue weighted by Gasteiger charge is 2.19. The molecule has 1 aliphatic heterocycles. The monoisotopic (exact) mass is 349 g/mol. The molecule has 5 heteroatoms. The lowest BCUT2D eigenvalue weighted by atomic mass is 9.99. The molecule has 0 spiro atoms. The van der Waals surface area contributed by atoms with E-state index < -0.39 is 0 Å². The number of fused-ring (bicyclic) bond motifs is 1. The summed E-state index contributed by atoms with van der Waals surface area (Å²) >= 11 is 3.60. The first-order valence-corrected chi connectivity index (χ1v) is 7.43. The number of amides is 1. The van der Waals surface area contributed by atoms with Crippen LogP contribution in [0.4, 0.5) is 10.1 Å². The third kappa shape index (κ3) is 2.78. The third-order valence-electron chi connectivity index (χ3n) is 3.44. The van der Waals surface area contributed by atoms with Crippen LogP contribution in [0, 0.1) is 12.7 Å². The van der Waals surface area contributed by atoms with E-state index in [1.165, 1.54) is 12.1 Å². The Morgan fingerprint density at radius 1 is 1.29 bits per heavy atom. The number of nitrogens with one attached hydrogen (secondary N) is 1. The predicted molar refractivity (Wildman–Crippen MR) is 82.5 cm³/mol. The van der Waals surface area contributed by atoms with Gasteiger partial charge in [0.15, 0.2) is 6.61 Å². The first kappa shape index (κ1) is 14.1. The quantitative estimate of drug-likeness (QED) is 0.833. The molecule has 1 amide bonds. The van der Waals surface area contributed by atoms with Crippen LogP contribution < -0.4 is 10.1 Å². The van der Waals surface area contributed by atoms with E-state index in [4.69, 9.17) is 4.74 Å². The number of carbonyl (C=O) groups is 1. The Balaban J connectivity index is 1.98. The van der Waals surface area contributed by atoms with Gasteiger partial charge in [-0.3, -0.25) is 4.79 Å². The fraction of sp³-hybridized carbons (Fsp3) is 0.188. The first-order valence-electron chi connectivity index (χ1n) is 6.51. The lowest BCUT2D eigenvalue weighted by Gasteiger charge is -2.20. The van der Waals surface area contributed by atoms with Gasteiger partial charge in [0.2, 0.25) is 0 Å². The topological polar surface area (TPSA) is 38.3 Å². The van der Waals surface area contributed by atoms with Gasteiger partial charge in [-0.25, -0.2) is 4.39 Å². The second-order valence-electron chi connectivity index (χ2n) is 4.96. The van der Waals surface area contributed by atoms with E-state index in [2.05, 4.69) is 21.2 Å². The van der Waals surface area contributed by atoms with Gasteiger partial charge < -0.3 is 10.1 Å². The van der Waals surface area contributed by atoms with Crippen LogP contribution in [0.15, 0.2) is 36.4 Å². The Labute approximate surface area is 130 Å². The Morgan fingerprint density at radius 2 is 2.10 bits per heavy atom. The normalized spacial score (nSPS) is 14.9. The molecule has 21 heavy (non-hydrogen) atoms. The molecule has 3 nitrogen and oxygen atoms in total. The van der Waals surface area contributed by atoms with E-state index in [-0.39, 0.29) is 23.2 Å². The third-order valence-corrected chi connectivity index (χ3v) is 4.47. The van der Waals surface area contributed by atoms with Crippen molar-refractivity contribution in [3.05, 3.63) is 58.9 Å². The molecule has 0 aromatic heterocycles. The van der Waals surface area contributed by atoms with Gasteiger partial charge in [-0.15, -0.1) is 0 Å². The molecule has 3 rings (SSSR count). The largest absolute Gasteiger partial charge is 0.482 e. The number of carbonyl (C=O) groups excluding carboxylic acids is 1. The molecule has 1 N–H and O–H groups in total. The summed E-state index contributed by atoms with van der Waals surface area (Å²) in [6.07, 6.45) is 0. The summed E-state index contributed by atoms with van der Waals surface area (Å²) in [6, 6.07) is 10.3. The second kappa shape index (κ2) is 5.48. The maximum atomic E-state index is 13.4. The van der Waals surface area contributed by atoms with Crippen molar-refractivity contribution in [1.82, 2.24) is 0 Å². The van der Waals surface area contributed by atoms with Gasteiger partial charge >= 0.3 is 0 Å². The van der Waals surface area contributed by atoms with Crippen molar-refractivity contribution < 1.29 is 13.9 Å². The molecule has 1 aliphatic rings. The smallest absolute Gasteiger partial charge is 0.262 e. The fourth-order valence-corrected chi connectivity index (χ4v) is 3.10. The molecule has 1 unspecified atom stereocenters. The average Bonchev–Trinajstić information content (AvgIpc) is 2.48. The highest BCUT2D eigenvalue weighted by molar-refractivity contribution is 9.09. The Morgan fingerprint density at radius 3 is 2.90 bits per heavy atom. The van der Waals surface area contributed by atoms with Crippen molar-refractivity contribution in [3.8, 4) is 5.75 Å². The van der Waals surface area contributed by atoms with E-state index in [9.17, 15) is 9.18 Å². The van der Waals surface area contributed by atoms with E-state index in [1.54, 1.807) is 6.07 Å². The number of anilines is 1. The van der Waals surface area contributed by atoms with Crippen LogP contribution in [-0.4, -0.2) is 12.5 Å². The zero-order chi connectivity index (χ0) is 15.0. The molecular formula is C16H13BrFNO2. The number of benzene rings is 2. The second-order valence-corrected chi connectivity index (χ2v) is 5.87. The Kier molecular flexibility index (Phi) is 3.68. The van der Waals surface area contributed by atoms with Crippen molar-refractivity contribution in [3.63, 3.8) is 0 Å². The average molecular weight is 350 g/mol. The first-order chi connectivity index (χ1) is 10.0. The van der Waals surface area contributed by atoms with Crippen molar-refractivity contribution in [1.29, 1.82) is 0 Å². The lowest BCUT2D eigenvalue weighted by molar-refractivity contribution is -0.118. The van der Waals surface area contributed by atoms with Crippen LogP contribution in [0.1, 0.15) is 21.5 Å². The number of aryl methyl sites for hydroxylation is 1. The SMILES string of the molecule is Cc1ccc(F)cc1C(Br)c1ccc2c(c1)NC(=O)CO2. The highest BCUT2D eigenvalue weighted by Crippen LogP contribution is 2.37. The van der Waals surface area contributed by atoms with E-state index in [0.29, 0.717) is 11.4 Å². The van der Waals surface area contributed by atoms with Gasteiger partial charge in [0, 0.05) is 0 Å². The van der Waals surface area contributed by atoms with E-state index in [1.807, 2.05) is 25.1 Å². The fourth-order valence-electron chi connectivity index (χ4n) is 2.32. The van der Waals surface area contributed by atoms with Crippen LogP contribution in [0.5, 0.6) is 5.75 Å². The maximum Gasteiger partial charge on any atom is 0.262 e. The number of halogens is 2. The minimum Gasteiger partial charge on any atom is -0.482 e. The van der Waals surface area contributed by atoms with Crippen LogP contribution in [0.3, 0.4) is 0 Å². The molecule has 0 aliphatic carbocycles. The summed E-state index contributed by atoms with van der Waals surface area (Å²) in [4.78, 5) is 11.2. The van der Waals surface area contributed by atoms with Gasteiger partial charge in [0.25, 0.3) is 5.91 Å². The maximum absolute atomic E-state index is 13.4. The number of ether oxygens (including phenoxy) is 1. The summed E-state index contributed by atoms with van der Waals surface area (Å²) in [5.74, 6) is 0.205. The molecule has 0 radical (unpaired) electrons. The number of hydrogen-bond acceptors (Lipinski definition) is 2. The number of rotatable bonds is 2. The van der Waals surface area contributed by atoms with Crippen molar-refractivity contribution in [2.75, 3.05) is 11.9 Å². The standard InChI is InChI=1S/C16H13BrFNO2/c1-9-2-4-11(18)7-12(9)16(17)10-3-5-14-13(6-10)19-15(20)8-21-14/h2-7,16H,8H2,1H3,(H,19,20). The minimum atomic E-state index is -0.269. The van der Waals surface area contributed by atoms with Crippen LogP contribution in [0.25, 0.3) is 0 Å². The Bertz CT molecular complexity index is 717. The molecule has 0 bridgehead atoms. The summed E-state index contributed by atoms with van der Waals surface area (Å²) < 4.78 is 18.8. The zero-order valence-corrected chi connectivity index (χ0v) is 12.9. The van der Waals surface area contributed by atoms with Gasteiger partial charge in [-0.2, -0.15) is 0 Å². The molecule has 0 saturated carbocycles. The highest BCUT2D eigenvalue weighted by atomic mass is 79.9. The molecule has 108 valence electrons. The Hall–Kier alpha value is -1.88. The molecular weight excluding hydrogens is 337 g/mol. The van der Waals surface area contributed by atoms with Crippen molar-refractivity contribution in [2.24, 2.45) is 0 Å². The summed E-state index contributed by atoms with van der Waals surface area (Å²) in [7, 11) is 0. The number of hydrogen-bond donors (Lipinski definition) is 1. The van der Waals surface area contributed by atoms with E-state index in [0.717, 1.165) is 16.7 Å². The molecule has 0 fully saturated rings. The van der Waals surface area contributed by atoms with Crippen molar-refractivity contribution >= 4 is 27.5 Å². The zero-order valence-electron chi connectivity index (χ0n) is 11.3. The molecule has 0 saturated heterocycles. The molecule has 1 heterocycles. The summed E-state index contributed by atoms with van der Waals surface area (Å²) in [5.41, 5.74) is 3.42. The molecule has 1 atom stereocenters. The van der Waals surface area contributed by atoms with Crippen LogP contribution in [-0.2, 0) is 4.79 Å². The van der Waals surface area contributed by atoms with Crippen LogP contribution >= 0.6 is 15.9 Å². The minimum absolute atomic E-state index is 0.0348. The summed E-state index contributed by atoms with van der Waals surface area (Å²) in [6.45, 7) is 1.97. The van der Waals surface area contributed by atoms with Gasteiger partial charge in [0.1, 0.15) is 11.6 Å². The number of alkyl halides is 1. The predicted octanol–water partition coefficient (Wildman–Crippen LogP) is 3.95. The van der Waals surface area contributed by atoms with Gasteiger partial charge in [-0.1, -0.05) is 28.1 Å². The van der Waals surface area contributed by atoms with Crippen LogP contribution in [0.2, 0.25) is 0 Å². The van der Waals surface area contributed by atoms with Gasteiger partial charge in [-0.05, 0) is 47.9 Å².